The number of rotatable bonds is 3. The molecule has 0 saturated carbocycles. The molecule has 5 N–H and O–H groups in total. The van der Waals surface area contributed by atoms with Gasteiger partial charge >= 0.3 is 5.97 Å². The summed E-state index contributed by atoms with van der Waals surface area (Å²) >= 11 is 0. The zero-order valence-electron chi connectivity index (χ0n) is 7.72. The van der Waals surface area contributed by atoms with Crippen LogP contribution in [0.2, 0.25) is 0 Å². The van der Waals surface area contributed by atoms with E-state index in [1.807, 2.05) is 0 Å². The van der Waals surface area contributed by atoms with Crippen molar-refractivity contribution in [2.75, 3.05) is 5.01 Å². The van der Waals surface area contributed by atoms with Crippen molar-refractivity contribution in [2.45, 2.75) is 0 Å². The number of carbonyl (C=O) groups is 1. The third-order valence-electron chi connectivity index (χ3n) is 1.73. The Morgan fingerprint density at radius 3 is 2.73 bits per heavy atom. The fraction of sp³-hybridized carbons (Fsp3) is 0. The molecule has 80 valence electrons. The number of carboxylic acids is 1. The van der Waals surface area contributed by atoms with Crippen LogP contribution in [0.5, 0.6) is 0 Å². The second kappa shape index (κ2) is 4.43. The van der Waals surface area contributed by atoms with Gasteiger partial charge in [-0.3, -0.25) is 5.01 Å². The molecule has 15 heavy (non-hydrogen) atoms. The van der Waals surface area contributed by atoms with E-state index in [9.17, 15) is 9.18 Å². The van der Waals surface area contributed by atoms with E-state index in [1.54, 1.807) is 0 Å². The first-order valence-corrected chi connectivity index (χ1v) is 4.02. The van der Waals surface area contributed by atoms with E-state index in [4.69, 9.17) is 16.7 Å². The SMILES string of the molecule is N/C=C\N(N)c1cccc(F)c1C(=O)O. The summed E-state index contributed by atoms with van der Waals surface area (Å²) in [6, 6.07) is 3.79. The Labute approximate surface area is 85.4 Å². The Balaban J connectivity index is 3.28. The highest BCUT2D eigenvalue weighted by atomic mass is 19.1. The molecule has 0 amide bonds. The fourth-order valence-corrected chi connectivity index (χ4v) is 1.11. The van der Waals surface area contributed by atoms with E-state index in [0.717, 1.165) is 17.3 Å². The maximum absolute atomic E-state index is 13.2. The number of hydrogen-bond donors (Lipinski definition) is 3. The molecule has 5 nitrogen and oxygen atoms in total. The molecule has 0 fully saturated rings. The lowest BCUT2D eigenvalue weighted by atomic mass is 10.1. The van der Waals surface area contributed by atoms with Gasteiger partial charge in [0.1, 0.15) is 11.4 Å². The molecule has 1 aromatic rings. The highest BCUT2D eigenvalue weighted by Gasteiger charge is 2.17. The molecule has 0 radical (unpaired) electrons. The van der Waals surface area contributed by atoms with Crippen molar-refractivity contribution < 1.29 is 14.3 Å². The minimum absolute atomic E-state index is 0.0317. The Morgan fingerprint density at radius 2 is 2.20 bits per heavy atom. The van der Waals surface area contributed by atoms with Crippen LogP contribution in [0.15, 0.2) is 30.6 Å². The van der Waals surface area contributed by atoms with Gasteiger partial charge in [-0.15, -0.1) is 0 Å². The van der Waals surface area contributed by atoms with Crippen LogP contribution in [0.1, 0.15) is 10.4 Å². The van der Waals surface area contributed by atoms with Gasteiger partial charge in [-0.1, -0.05) is 6.07 Å². The van der Waals surface area contributed by atoms with Crippen molar-refractivity contribution in [1.29, 1.82) is 0 Å². The number of aromatic carboxylic acids is 1. The number of anilines is 1. The van der Waals surface area contributed by atoms with Crippen molar-refractivity contribution in [2.24, 2.45) is 11.6 Å². The van der Waals surface area contributed by atoms with Crippen LogP contribution in [0, 0.1) is 5.82 Å². The van der Waals surface area contributed by atoms with Gasteiger partial charge in [-0.25, -0.2) is 15.0 Å². The Kier molecular flexibility index (Phi) is 3.25. The van der Waals surface area contributed by atoms with Crippen molar-refractivity contribution >= 4 is 11.7 Å². The van der Waals surface area contributed by atoms with Crippen molar-refractivity contribution in [3.05, 3.63) is 42.0 Å². The molecule has 0 atom stereocenters. The lowest BCUT2D eigenvalue weighted by Crippen LogP contribution is -2.27. The summed E-state index contributed by atoms with van der Waals surface area (Å²) in [7, 11) is 0. The number of benzene rings is 1. The third kappa shape index (κ3) is 2.23. The second-order valence-corrected chi connectivity index (χ2v) is 2.69. The molecule has 1 aromatic carbocycles. The van der Waals surface area contributed by atoms with Gasteiger partial charge < -0.3 is 10.8 Å². The average Bonchev–Trinajstić information content (AvgIpc) is 2.17. The zero-order valence-corrected chi connectivity index (χ0v) is 7.72. The maximum atomic E-state index is 13.2. The summed E-state index contributed by atoms with van der Waals surface area (Å²) in [6.07, 6.45) is 2.34. The minimum Gasteiger partial charge on any atom is -0.478 e. The van der Waals surface area contributed by atoms with Crippen LogP contribution >= 0.6 is 0 Å². The van der Waals surface area contributed by atoms with Gasteiger partial charge in [-0.05, 0) is 12.1 Å². The van der Waals surface area contributed by atoms with Gasteiger partial charge in [0.05, 0.1) is 5.69 Å². The molecule has 1 rings (SSSR count). The lowest BCUT2D eigenvalue weighted by molar-refractivity contribution is 0.0692. The number of carboxylic acid groups (broad SMARTS) is 1. The summed E-state index contributed by atoms with van der Waals surface area (Å²) in [6.45, 7) is 0. The number of hydrogen-bond acceptors (Lipinski definition) is 4. The monoisotopic (exact) mass is 211 g/mol. The predicted molar refractivity (Wildman–Crippen MR) is 53.4 cm³/mol. The normalized spacial score (nSPS) is 10.5. The lowest BCUT2D eigenvalue weighted by Gasteiger charge is -2.15. The highest BCUT2D eigenvalue weighted by molar-refractivity contribution is 5.94. The van der Waals surface area contributed by atoms with Crippen LogP contribution in [0.3, 0.4) is 0 Å². The summed E-state index contributed by atoms with van der Waals surface area (Å²) in [4.78, 5) is 10.8. The summed E-state index contributed by atoms with van der Waals surface area (Å²) in [5, 5.41) is 9.72. The third-order valence-corrected chi connectivity index (χ3v) is 1.73. The van der Waals surface area contributed by atoms with Gasteiger partial charge in [0.15, 0.2) is 0 Å². The van der Waals surface area contributed by atoms with E-state index >= 15 is 0 Å². The molecule has 6 heteroatoms. The summed E-state index contributed by atoms with van der Waals surface area (Å²) in [5.74, 6) is 3.22. The molecule has 0 aliphatic rings. The van der Waals surface area contributed by atoms with Gasteiger partial charge in [0.2, 0.25) is 0 Å². The molecule has 0 aromatic heterocycles. The van der Waals surface area contributed by atoms with E-state index in [0.29, 0.717) is 0 Å². The Morgan fingerprint density at radius 1 is 1.53 bits per heavy atom. The largest absolute Gasteiger partial charge is 0.478 e. The molecular weight excluding hydrogens is 201 g/mol. The first-order valence-electron chi connectivity index (χ1n) is 4.02. The first-order chi connectivity index (χ1) is 7.07. The quantitative estimate of drug-likeness (QED) is 0.503. The molecule has 0 unspecified atom stereocenters. The predicted octanol–water partition coefficient (Wildman–Crippen LogP) is 0.634. The van der Waals surface area contributed by atoms with Crippen molar-refractivity contribution in [1.82, 2.24) is 0 Å². The van der Waals surface area contributed by atoms with E-state index in [1.165, 1.54) is 18.3 Å². The van der Waals surface area contributed by atoms with Crippen LogP contribution in [-0.4, -0.2) is 11.1 Å². The topological polar surface area (TPSA) is 92.6 Å². The standard InChI is InChI=1S/C9H10FN3O2/c10-6-2-1-3-7(8(6)9(14)15)13(12)5-4-11/h1-5H,11-12H2,(H,14,15)/b5-4-. The maximum Gasteiger partial charge on any atom is 0.340 e. The molecule has 0 saturated heterocycles. The van der Waals surface area contributed by atoms with Crippen LogP contribution < -0.4 is 16.6 Å². The zero-order chi connectivity index (χ0) is 11.4. The number of hydrazine groups is 1. The Bertz CT molecular complexity index is 406. The van der Waals surface area contributed by atoms with Gasteiger partial charge in [-0.2, -0.15) is 0 Å². The second-order valence-electron chi connectivity index (χ2n) is 2.69. The molecule has 0 aliphatic heterocycles. The van der Waals surface area contributed by atoms with E-state index < -0.39 is 17.3 Å². The number of nitrogens with zero attached hydrogens (tertiary/aromatic N) is 1. The van der Waals surface area contributed by atoms with Crippen LogP contribution in [0.25, 0.3) is 0 Å². The van der Waals surface area contributed by atoms with Gasteiger partial charge in [0.25, 0.3) is 0 Å². The fourth-order valence-electron chi connectivity index (χ4n) is 1.11. The smallest absolute Gasteiger partial charge is 0.340 e. The first kappa shape index (κ1) is 11.0. The minimum atomic E-state index is -1.39. The summed E-state index contributed by atoms with van der Waals surface area (Å²) in [5.41, 5.74) is 4.63. The van der Waals surface area contributed by atoms with E-state index in [2.05, 4.69) is 0 Å². The van der Waals surface area contributed by atoms with Crippen LogP contribution in [0.4, 0.5) is 10.1 Å². The summed E-state index contributed by atoms with van der Waals surface area (Å²) < 4.78 is 13.2. The number of nitrogens with two attached hydrogens (primary N) is 2. The van der Waals surface area contributed by atoms with E-state index in [-0.39, 0.29) is 5.69 Å². The van der Waals surface area contributed by atoms with Crippen LogP contribution in [-0.2, 0) is 0 Å². The molecular formula is C9H10FN3O2. The molecule has 0 spiro atoms. The average molecular weight is 211 g/mol. The molecule has 0 heterocycles. The van der Waals surface area contributed by atoms with Crippen molar-refractivity contribution in [3.63, 3.8) is 0 Å². The highest BCUT2D eigenvalue weighted by Crippen LogP contribution is 2.21. The number of halogens is 1. The molecule has 0 aliphatic carbocycles. The molecule has 0 bridgehead atoms. The van der Waals surface area contributed by atoms with Gasteiger partial charge in [0, 0.05) is 12.4 Å². The van der Waals surface area contributed by atoms with Crippen molar-refractivity contribution in [3.8, 4) is 0 Å². The Hall–Kier alpha value is -2.08.